The molecule has 4 heterocycles. The minimum absolute atomic E-state index is 0.468. The molecule has 8 heteroatoms. The number of fused-ring (bicyclic) bond motifs is 1. The summed E-state index contributed by atoms with van der Waals surface area (Å²) >= 11 is 0. The van der Waals surface area contributed by atoms with Crippen LogP contribution < -0.4 is 10.6 Å². The van der Waals surface area contributed by atoms with Crippen LogP contribution in [0.3, 0.4) is 0 Å². The van der Waals surface area contributed by atoms with Gasteiger partial charge in [-0.15, -0.1) is 5.10 Å². The number of anilines is 2. The number of nitrogens with two attached hydrogens (primary N) is 1. The zero-order valence-corrected chi connectivity index (χ0v) is 16.8. The molecule has 0 amide bonds. The van der Waals surface area contributed by atoms with Crippen molar-refractivity contribution in [1.29, 1.82) is 0 Å². The van der Waals surface area contributed by atoms with E-state index in [1.54, 1.807) is 10.8 Å². The molecule has 8 nitrogen and oxygen atoms in total. The third-order valence-electron chi connectivity index (χ3n) is 5.49. The lowest BCUT2D eigenvalue weighted by Gasteiger charge is -2.26. The van der Waals surface area contributed by atoms with Gasteiger partial charge in [-0.2, -0.15) is 14.5 Å². The van der Waals surface area contributed by atoms with Gasteiger partial charge in [0.05, 0.1) is 6.26 Å². The monoisotopic (exact) mass is 403 g/mol. The molecule has 3 aromatic heterocycles. The Morgan fingerprint density at radius 1 is 1.03 bits per heavy atom. The number of nitrogen functional groups attached to an aromatic ring is 1. The van der Waals surface area contributed by atoms with Gasteiger partial charge in [0.2, 0.25) is 5.82 Å². The molecule has 0 unspecified atom stereocenters. The third-order valence-corrected chi connectivity index (χ3v) is 5.49. The fourth-order valence-electron chi connectivity index (χ4n) is 3.90. The minimum Gasteiger partial charge on any atom is -0.461 e. The Kier molecular flexibility index (Phi) is 5.06. The van der Waals surface area contributed by atoms with Gasteiger partial charge in [-0.25, -0.2) is 0 Å². The number of benzene rings is 1. The molecule has 0 saturated carbocycles. The molecule has 0 spiro atoms. The molecule has 0 aliphatic carbocycles. The van der Waals surface area contributed by atoms with Gasteiger partial charge in [0.15, 0.2) is 5.76 Å². The van der Waals surface area contributed by atoms with Crippen LogP contribution in [0.1, 0.15) is 18.4 Å². The summed E-state index contributed by atoms with van der Waals surface area (Å²) in [6.45, 7) is 4.98. The second-order valence-electron chi connectivity index (χ2n) is 7.62. The number of nitrogens with zero attached hydrogens (tertiary/aromatic N) is 6. The van der Waals surface area contributed by atoms with Crippen molar-refractivity contribution in [3.8, 4) is 11.6 Å². The van der Waals surface area contributed by atoms with Gasteiger partial charge in [0.25, 0.3) is 5.78 Å². The lowest BCUT2D eigenvalue weighted by atomic mass is 10.2. The predicted molar refractivity (Wildman–Crippen MR) is 116 cm³/mol. The lowest BCUT2D eigenvalue weighted by Crippen LogP contribution is -2.34. The van der Waals surface area contributed by atoms with Crippen LogP contribution in [-0.2, 0) is 6.54 Å². The Morgan fingerprint density at radius 2 is 1.87 bits per heavy atom. The zero-order chi connectivity index (χ0) is 20.3. The fraction of sp³-hybridized carbons (Fsp3) is 0.318. The van der Waals surface area contributed by atoms with E-state index in [1.807, 2.05) is 24.3 Å². The minimum atomic E-state index is 0.468. The maximum Gasteiger partial charge on any atom is 0.256 e. The summed E-state index contributed by atoms with van der Waals surface area (Å²) < 4.78 is 6.98. The molecule has 1 saturated heterocycles. The molecule has 1 aliphatic rings. The van der Waals surface area contributed by atoms with Gasteiger partial charge in [0, 0.05) is 25.7 Å². The number of furan rings is 1. The number of hydrogen-bond donors (Lipinski definition) is 1. The largest absolute Gasteiger partial charge is 0.461 e. The van der Waals surface area contributed by atoms with E-state index >= 15 is 0 Å². The van der Waals surface area contributed by atoms with Gasteiger partial charge in [-0.05, 0) is 43.6 Å². The normalized spacial score (nSPS) is 14.5. The Hall–Kier alpha value is -3.39. The van der Waals surface area contributed by atoms with Crippen LogP contribution in [0, 0.1) is 0 Å². The highest BCUT2D eigenvalue weighted by Gasteiger charge is 2.18. The Morgan fingerprint density at radius 3 is 2.63 bits per heavy atom. The first-order valence-corrected chi connectivity index (χ1v) is 10.3. The summed E-state index contributed by atoms with van der Waals surface area (Å²) in [5.41, 5.74) is 7.56. The Bertz CT molecular complexity index is 1100. The Balaban J connectivity index is 1.46. The standard InChI is InChI=1S/C22H25N7O/c23-19-15-20(24-22-25-21(26-29(19)22)18-9-6-14-30-18)28(13-12-27-10-4-5-11-27)16-17-7-2-1-3-8-17/h1-3,6-9,14-15H,4-5,10-13,16,23H2. The molecule has 0 atom stereocenters. The molecule has 1 aliphatic heterocycles. The average Bonchev–Trinajstić information content (AvgIpc) is 3.53. The summed E-state index contributed by atoms with van der Waals surface area (Å²) in [6.07, 6.45) is 4.17. The van der Waals surface area contributed by atoms with Gasteiger partial charge >= 0.3 is 0 Å². The lowest BCUT2D eigenvalue weighted by molar-refractivity contribution is 0.344. The number of rotatable bonds is 7. The highest BCUT2D eigenvalue weighted by atomic mass is 16.3. The first kappa shape index (κ1) is 18.6. The SMILES string of the molecule is Nc1cc(N(CCN2CCCC2)Cc2ccccc2)nc2nc(-c3ccco3)nn12. The van der Waals surface area contributed by atoms with E-state index in [0.29, 0.717) is 23.2 Å². The molecule has 4 aromatic rings. The average molecular weight is 403 g/mol. The quantitative estimate of drug-likeness (QED) is 0.507. The van der Waals surface area contributed by atoms with Gasteiger partial charge < -0.3 is 20.0 Å². The first-order valence-electron chi connectivity index (χ1n) is 10.3. The van der Waals surface area contributed by atoms with Crippen LogP contribution in [0.5, 0.6) is 0 Å². The second kappa shape index (κ2) is 8.16. The van der Waals surface area contributed by atoms with Crippen molar-refractivity contribution in [1.82, 2.24) is 24.5 Å². The smallest absolute Gasteiger partial charge is 0.256 e. The van der Waals surface area contributed by atoms with Crippen LogP contribution in [0.25, 0.3) is 17.4 Å². The molecule has 1 aromatic carbocycles. The zero-order valence-electron chi connectivity index (χ0n) is 16.8. The molecule has 2 N–H and O–H groups in total. The van der Waals surface area contributed by atoms with Crippen LogP contribution in [0.15, 0.2) is 59.2 Å². The number of aromatic nitrogens is 4. The van der Waals surface area contributed by atoms with Gasteiger partial charge in [0.1, 0.15) is 11.6 Å². The molecule has 0 bridgehead atoms. The van der Waals surface area contributed by atoms with Crippen LogP contribution in [-0.4, -0.2) is 50.7 Å². The molecule has 30 heavy (non-hydrogen) atoms. The summed E-state index contributed by atoms with van der Waals surface area (Å²) in [7, 11) is 0. The first-order chi connectivity index (χ1) is 14.8. The third kappa shape index (κ3) is 3.86. The van der Waals surface area contributed by atoms with E-state index in [0.717, 1.165) is 25.5 Å². The van der Waals surface area contributed by atoms with E-state index in [2.05, 4.69) is 44.1 Å². The fourth-order valence-corrected chi connectivity index (χ4v) is 3.90. The highest BCUT2D eigenvalue weighted by Crippen LogP contribution is 2.22. The summed E-state index contributed by atoms with van der Waals surface area (Å²) in [5, 5.41) is 4.45. The summed E-state index contributed by atoms with van der Waals surface area (Å²) in [4.78, 5) is 14.1. The molecule has 154 valence electrons. The van der Waals surface area contributed by atoms with E-state index in [4.69, 9.17) is 15.1 Å². The van der Waals surface area contributed by atoms with E-state index in [1.165, 1.54) is 31.5 Å². The maximum absolute atomic E-state index is 6.33. The van der Waals surface area contributed by atoms with Crippen molar-refractivity contribution in [2.45, 2.75) is 19.4 Å². The molecular weight excluding hydrogens is 378 g/mol. The number of likely N-dealkylation sites (tertiary alicyclic amines) is 1. The molecular formula is C22H25N7O. The van der Waals surface area contributed by atoms with Crippen molar-refractivity contribution in [2.24, 2.45) is 0 Å². The topological polar surface area (TPSA) is 88.7 Å². The van der Waals surface area contributed by atoms with Crippen molar-refractivity contribution in [3.63, 3.8) is 0 Å². The Labute approximate surface area is 174 Å². The van der Waals surface area contributed by atoms with Crippen molar-refractivity contribution in [2.75, 3.05) is 36.8 Å². The molecule has 0 radical (unpaired) electrons. The summed E-state index contributed by atoms with van der Waals surface area (Å²) in [6, 6.07) is 15.9. The van der Waals surface area contributed by atoms with Crippen LogP contribution >= 0.6 is 0 Å². The summed E-state index contributed by atoms with van der Waals surface area (Å²) in [5.74, 6) is 2.84. The van der Waals surface area contributed by atoms with E-state index in [9.17, 15) is 0 Å². The molecule has 1 fully saturated rings. The van der Waals surface area contributed by atoms with Crippen LogP contribution in [0.4, 0.5) is 11.6 Å². The maximum atomic E-state index is 6.33. The number of hydrogen-bond acceptors (Lipinski definition) is 7. The molecule has 5 rings (SSSR count). The van der Waals surface area contributed by atoms with Gasteiger partial charge in [-0.1, -0.05) is 30.3 Å². The van der Waals surface area contributed by atoms with Crippen LogP contribution in [0.2, 0.25) is 0 Å². The van der Waals surface area contributed by atoms with E-state index in [-0.39, 0.29) is 0 Å². The predicted octanol–water partition coefficient (Wildman–Crippen LogP) is 3.07. The van der Waals surface area contributed by atoms with Crippen molar-refractivity contribution < 1.29 is 4.42 Å². The second-order valence-corrected chi connectivity index (χ2v) is 7.62. The van der Waals surface area contributed by atoms with Crippen molar-refractivity contribution in [3.05, 3.63) is 60.4 Å². The van der Waals surface area contributed by atoms with E-state index < -0.39 is 0 Å². The highest BCUT2D eigenvalue weighted by molar-refractivity contribution is 5.57. The van der Waals surface area contributed by atoms with Gasteiger partial charge in [-0.3, -0.25) is 0 Å². The van der Waals surface area contributed by atoms with Crippen molar-refractivity contribution >= 4 is 17.4 Å².